The Morgan fingerprint density at radius 2 is 1.91 bits per heavy atom. The second kappa shape index (κ2) is 9.67. The van der Waals surface area contributed by atoms with Gasteiger partial charge in [0.2, 0.25) is 5.91 Å². The van der Waals surface area contributed by atoms with Gasteiger partial charge in [0.25, 0.3) is 5.91 Å². The number of benzene rings is 2. The number of carbonyl (C=O) groups excluding carboxylic acids is 2. The van der Waals surface area contributed by atoms with E-state index in [0.717, 1.165) is 22.9 Å². The molecule has 1 aliphatic heterocycles. The van der Waals surface area contributed by atoms with E-state index in [1.807, 2.05) is 24.3 Å². The van der Waals surface area contributed by atoms with Gasteiger partial charge in [0, 0.05) is 36.2 Å². The number of halogens is 1. The lowest BCUT2D eigenvalue weighted by molar-refractivity contribution is -0.137. The zero-order valence-electron chi connectivity index (χ0n) is 18.9. The van der Waals surface area contributed by atoms with E-state index < -0.39 is 17.3 Å². The molecule has 2 amide bonds. The highest BCUT2D eigenvalue weighted by molar-refractivity contribution is 5.98. The SMILES string of the molecule is CC(C)(NC(=O)c1ccc(F)cc1)C(=O)N1CCOCC(Cc2cccc3cccnc23)C1. The van der Waals surface area contributed by atoms with Gasteiger partial charge in [-0.2, -0.15) is 0 Å². The first kappa shape index (κ1) is 22.9. The maximum absolute atomic E-state index is 13.4. The zero-order chi connectivity index (χ0) is 23.4. The molecule has 33 heavy (non-hydrogen) atoms. The van der Waals surface area contributed by atoms with E-state index in [-0.39, 0.29) is 11.8 Å². The fourth-order valence-electron chi connectivity index (χ4n) is 4.24. The number of ether oxygens (including phenoxy) is 1. The molecule has 0 aliphatic carbocycles. The van der Waals surface area contributed by atoms with Crippen molar-refractivity contribution in [2.45, 2.75) is 25.8 Å². The van der Waals surface area contributed by atoms with Crippen LogP contribution in [0.4, 0.5) is 4.39 Å². The molecule has 1 N–H and O–H groups in total. The lowest BCUT2D eigenvalue weighted by Gasteiger charge is -2.33. The van der Waals surface area contributed by atoms with Gasteiger partial charge in [0.1, 0.15) is 11.4 Å². The third-order valence-electron chi connectivity index (χ3n) is 5.92. The first-order valence-corrected chi connectivity index (χ1v) is 11.1. The van der Waals surface area contributed by atoms with Crippen molar-refractivity contribution in [2.75, 3.05) is 26.3 Å². The molecular formula is C26H28FN3O3. The van der Waals surface area contributed by atoms with Crippen LogP contribution in [0.3, 0.4) is 0 Å². The summed E-state index contributed by atoms with van der Waals surface area (Å²) in [6, 6.07) is 15.3. The molecule has 0 bridgehead atoms. The van der Waals surface area contributed by atoms with Crippen molar-refractivity contribution in [3.8, 4) is 0 Å². The maximum Gasteiger partial charge on any atom is 0.252 e. The van der Waals surface area contributed by atoms with Crippen LogP contribution in [0.2, 0.25) is 0 Å². The molecule has 172 valence electrons. The van der Waals surface area contributed by atoms with Gasteiger partial charge in [0.15, 0.2) is 0 Å². The number of carbonyl (C=O) groups is 2. The number of nitrogens with zero attached hydrogens (tertiary/aromatic N) is 2. The smallest absolute Gasteiger partial charge is 0.252 e. The van der Waals surface area contributed by atoms with Gasteiger partial charge in [0.05, 0.1) is 18.7 Å². The fraction of sp³-hybridized carbons (Fsp3) is 0.346. The van der Waals surface area contributed by atoms with Gasteiger partial charge in [-0.3, -0.25) is 14.6 Å². The van der Waals surface area contributed by atoms with Crippen LogP contribution >= 0.6 is 0 Å². The Morgan fingerprint density at radius 3 is 2.70 bits per heavy atom. The van der Waals surface area contributed by atoms with Crippen molar-refractivity contribution in [3.63, 3.8) is 0 Å². The Bertz CT molecular complexity index is 1140. The second-order valence-electron chi connectivity index (χ2n) is 8.97. The van der Waals surface area contributed by atoms with Crippen LogP contribution in [0.5, 0.6) is 0 Å². The minimum absolute atomic E-state index is 0.104. The topological polar surface area (TPSA) is 71.5 Å². The standard InChI is InChI=1S/C26H28FN3O3/c1-26(2,29-24(31)20-8-10-22(27)11-9-20)25(32)30-13-14-33-17-18(16-30)15-21-6-3-5-19-7-4-12-28-23(19)21/h3-12,18H,13-17H2,1-2H3,(H,29,31). The van der Waals surface area contributed by atoms with Crippen molar-refractivity contribution < 1.29 is 18.7 Å². The molecule has 1 fully saturated rings. The van der Waals surface area contributed by atoms with Crippen molar-refractivity contribution in [1.82, 2.24) is 15.2 Å². The first-order valence-electron chi connectivity index (χ1n) is 11.1. The fourth-order valence-corrected chi connectivity index (χ4v) is 4.24. The molecule has 1 unspecified atom stereocenters. The molecule has 4 rings (SSSR count). The number of hydrogen-bond acceptors (Lipinski definition) is 4. The van der Waals surface area contributed by atoms with E-state index in [1.54, 1.807) is 24.9 Å². The third kappa shape index (κ3) is 5.37. The molecule has 2 heterocycles. The van der Waals surface area contributed by atoms with Crippen LogP contribution < -0.4 is 5.32 Å². The summed E-state index contributed by atoms with van der Waals surface area (Å²) in [7, 11) is 0. The van der Waals surface area contributed by atoms with Crippen LogP contribution in [0.1, 0.15) is 29.8 Å². The van der Waals surface area contributed by atoms with Crippen LogP contribution in [0, 0.1) is 11.7 Å². The number of fused-ring (bicyclic) bond motifs is 1. The van der Waals surface area contributed by atoms with Gasteiger partial charge in [-0.25, -0.2) is 4.39 Å². The molecule has 3 aromatic rings. The van der Waals surface area contributed by atoms with Crippen molar-refractivity contribution in [1.29, 1.82) is 0 Å². The average Bonchev–Trinajstić information content (AvgIpc) is 3.04. The van der Waals surface area contributed by atoms with E-state index in [0.29, 0.717) is 31.9 Å². The molecule has 2 aromatic carbocycles. The van der Waals surface area contributed by atoms with E-state index in [1.165, 1.54) is 24.3 Å². The molecular weight excluding hydrogens is 421 g/mol. The Hall–Kier alpha value is -3.32. The van der Waals surface area contributed by atoms with E-state index in [9.17, 15) is 14.0 Å². The summed E-state index contributed by atoms with van der Waals surface area (Å²) in [6.07, 6.45) is 2.53. The maximum atomic E-state index is 13.4. The summed E-state index contributed by atoms with van der Waals surface area (Å²) in [5.74, 6) is -0.908. The number of rotatable bonds is 5. The number of para-hydroxylation sites is 1. The summed E-state index contributed by atoms with van der Waals surface area (Å²) < 4.78 is 19.0. The summed E-state index contributed by atoms with van der Waals surface area (Å²) in [5, 5.41) is 3.88. The molecule has 1 aromatic heterocycles. The minimum atomic E-state index is -1.12. The molecule has 6 nitrogen and oxygen atoms in total. The molecule has 0 saturated carbocycles. The van der Waals surface area contributed by atoms with Crippen LogP contribution in [0.25, 0.3) is 10.9 Å². The Balaban J connectivity index is 1.46. The number of nitrogens with one attached hydrogen (secondary N) is 1. The lowest BCUT2D eigenvalue weighted by Crippen LogP contribution is -2.56. The average molecular weight is 450 g/mol. The van der Waals surface area contributed by atoms with Crippen LogP contribution in [-0.2, 0) is 16.0 Å². The summed E-state index contributed by atoms with van der Waals surface area (Å²) in [5.41, 5.74) is 1.27. The first-order chi connectivity index (χ1) is 15.8. The van der Waals surface area contributed by atoms with Crippen molar-refractivity contribution in [2.24, 2.45) is 5.92 Å². The minimum Gasteiger partial charge on any atom is -0.379 e. The van der Waals surface area contributed by atoms with E-state index in [4.69, 9.17) is 4.74 Å². The molecule has 7 heteroatoms. The molecule has 1 saturated heterocycles. The molecule has 0 radical (unpaired) electrons. The summed E-state index contributed by atoms with van der Waals surface area (Å²) >= 11 is 0. The highest BCUT2D eigenvalue weighted by atomic mass is 19.1. The van der Waals surface area contributed by atoms with Gasteiger partial charge in [-0.1, -0.05) is 24.3 Å². The van der Waals surface area contributed by atoms with E-state index in [2.05, 4.69) is 16.4 Å². The van der Waals surface area contributed by atoms with Gasteiger partial charge >= 0.3 is 0 Å². The van der Waals surface area contributed by atoms with Gasteiger partial charge in [-0.15, -0.1) is 0 Å². The Morgan fingerprint density at radius 1 is 1.15 bits per heavy atom. The summed E-state index contributed by atoms with van der Waals surface area (Å²) in [4.78, 5) is 32.3. The molecule has 0 spiro atoms. The van der Waals surface area contributed by atoms with Crippen molar-refractivity contribution >= 4 is 22.7 Å². The Labute approximate surface area is 192 Å². The number of hydrogen-bond donors (Lipinski definition) is 1. The zero-order valence-corrected chi connectivity index (χ0v) is 18.9. The van der Waals surface area contributed by atoms with Crippen molar-refractivity contribution in [3.05, 3.63) is 77.7 Å². The monoisotopic (exact) mass is 449 g/mol. The number of amides is 2. The predicted octanol–water partition coefficient (Wildman–Crippen LogP) is 3.60. The molecule has 1 atom stereocenters. The number of pyridine rings is 1. The number of aromatic nitrogens is 1. The summed E-state index contributed by atoms with van der Waals surface area (Å²) in [6.45, 7) is 5.35. The highest BCUT2D eigenvalue weighted by Crippen LogP contribution is 2.22. The van der Waals surface area contributed by atoms with Gasteiger partial charge in [-0.05, 0) is 56.2 Å². The quantitative estimate of drug-likeness (QED) is 0.646. The Kier molecular flexibility index (Phi) is 6.70. The largest absolute Gasteiger partial charge is 0.379 e. The highest BCUT2D eigenvalue weighted by Gasteiger charge is 2.35. The third-order valence-corrected chi connectivity index (χ3v) is 5.92. The second-order valence-corrected chi connectivity index (χ2v) is 8.97. The van der Waals surface area contributed by atoms with Crippen LogP contribution in [0.15, 0.2) is 60.8 Å². The molecule has 1 aliphatic rings. The lowest BCUT2D eigenvalue weighted by atomic mass is 9.96. The predicted molar refractivity (Wildman–Crippen MR) is 124 cm³/mol. The van der Waals surface area contributed by atoms with Gasteiger partial charge < -0.3 is 15.0 Å². The van der Waals surface area contributed by atoms with E-state index >= 15 is 0 Å². The normalized spacial score (nSPS) is 16.9. The van der Waals surface area contributed by atoms with Crippen LogP contribution in [-0.4, -0.2) is 53.5 Å².